The third-order valence-electron chi connectivity index (χ3n) is 4.19. The standard InChI is InChI=1S/C18H28N2O3/c1-13(2)23-16-8-6-7-15(11-16)14(3)20-17(21)19-12-18(22)9-4-5-10-18/h6-8,11,13-14,22H,4-5,9-10,12H2,1-3H3,(H2,19,20,21). The summed E-state index contributed by atoms with van der Waals surface area (Å²) in [5, 5.41) is 15.9. The third kappa shape index (κ3) is 5.43. The van der Waals surface area contributed by atoms with Crippen LogP contribution in [0.5, 0.6) is 5.75 Å². The van der Waals surface area contributed by atoms with Crippen molar-refractivity contribution < 1.29 is 14.6 Å². The molecule has 0 aromatic heterocycles. The van der Waals surface area contributed by atoms with Gasteiger partial charge in [0.15, 0.2) is 0 Å². The van der Waals surface area contributed by atoms with Gasteiger partial charge in [0.2, 0.25) is 0 Å². The topological polar surface area (TPSA) is 70.6 Å². The first-order chi connectivity index (χ1) is 10.9. The molecule has 1 atom stereocenters. The average Bonchev–Trinajstić information content (AvgIpc) is 2.92. The molecule has 1 aliphatic carbocycles. The van der Waals surface area contributed by atoms with Crippen molar-refractivity contribution in [2.45, 2.75) is 64.2 Å². The predicted octanol–water partition coefficient (Wildman–Crippen LogP) is 3.14. The van der Waals surface area contributed by atoms with Crippen molar-refractivity contribution in [1.29, 1.82) is 0 Å². The summed E-state index contributed by atoms with van der Waals surface area (Å²) in [4.78, 5) is 12.0. The molecule has 0 radical (unpaired) electrons. The zero-order valence-electron chi connectivity index (χ0n) is 14.3. The van der Waals surface area contributed by atoms with Gasteiger partial charge in [-0.15, -0.1) is 0 Å². The van der Waals surface area contributed by atoms with Crippen molar-refractivity contribution in [2.24, 2.45) is 0 Å². The van der Waals surface area contributed by atoms with Crippen LogP contribution in [0.1, 0.15) is 58.1 Å². The molecule has 0 bridgehead atoms. The molecule has 23 heavy (non-hydrogen) atoms. The Morgan fingerprint density at radius 1 is 1.30 bits per heavy atom. The molecule has 5 nitrogen and oxygen atoms in total. The van der Waals surface area contributed by atoms with Gasteiger partial charge in [0.25, 0.3) is 0 Å². The van der Waals surface area contributed by atoms with Crippen molar-refractivity contribution in [3.63, 3.8) is 0 Å². The molecule has 1 saturated carbocycles. The zero-order valence-corrected chi connectivity index (χ0v) is 14.3. The fourth-order valence-corrected chi connectivity index (χ4v) is 2.92. The summed E-state index contributed by atoms with van der Waals surface area (Å²) in [6.07, 6.45) is 3.69. The van der Waals surface area contributed by atoms with E-state index in [1.165, 1.54) is 0 Å². The van der Waals surface area contributed by atoms with E-state index < -0.39 is 5.60 Å². The summed E-state index contributed by atoms with van der Waals surface area (Å²) >= 11 is 0. The van der Waals surface area contributed by atoms with Gasteiger partial charge in [-0.1, -0.05) is 25.0 Å². The van der Waals surface area contributed by atoms with Crippen LogP contribution < -0.4 is 15.4 Å². The molecule has 0 heterocycles. The highest BCUT2D eigenvalue weighted by molar-refractivity contribution is 5.74. The van der Waals surface area contributed by atoms with Crippen molar-refractivity contribution >= 4 is 6.03 Å². The minimum atomic E-state index is -0.731. The maximum absolute atomic E-state index is 12.0. The minimum Gasteiger partial charge on any atom is -0.491 e. The highest BCUT2D eigenvalue weighted by Crippen LogP contribution is 2.28. The number of benzene rings is 1. The Labute approximate surface area is 138 Å². The van der Waals surface area contributed by atoms with Crippen LogP contribution in [0.4, 0.5) is 4.79 Å². The van der Waals surface area contributed by atoms with Crippen LogP contribution in [0.25, 0.3) is 0 Å². The fourth-order valence-electron chi connectivity index (χ4n) is 2.92. The van der Waals surface area contributed by atoms with Gasteiger partial charge in [0.05, 0.1) is 17.7 Å². The molecular formula is C18H28N2O3. The first-order valence-corrected chi connectivity index (χ1v) is 8.41. The Kier molecular flexibility index (Phi) is 5.88. The molecule has 1 aromatic carbocycles. The van der Waals surface area contributed by atoms with Crippen LogP contribution in [0, 0.1) is 0 Å². The number of urea groups is 1. The SMILES string of the molecule is CC(C)Oc1cccc(C(C)NC(=O)NCC2(O)CCCC2)c1. The van der Waals surface area contributed by atoms with E-state index in [1.807, 2.05) is 45.0 Å². The second-order valence-electron chi connectivity index (χ2n) is 6.72. The Balaban J connectivity index is 1.85. The normalized spacial score (nSPS) is 17.8. The second kappa shape index (κ2) is 7.68. The molecule has 5 heteroatoms. The second-order valence-corrected chi connectivity index (χ2v) is 6.72. The molecule has 3 N–H and O–H groups in total. The Hall–Kier alpha value is -1.75. The van der Waals surface area contributed by atoms with Crippen LogP contribution in [-0.4, -0.2) is 29.4 Å². The number of carbonyl (C=O) groups excluding carboxylic acids is 1. The molecule has 1 aliphatic rings. The lowest BCUT2D eigenvalue weighted by Gasteiger charge is -2.23. The fraction of sp³-hybridized carbons (Fsp3) is 0.611. The third-order valence-corrected chi connectivity index (χ3v) is 4.19. The Bertz CT molecular complexity index is 525. The quantitative estimate of drug-likeness (QED) is 0.754. The van der Waals surface area contributed by atoms with Crippen LogP contribution in [-0.2, 0) is 0 Å². The van der Waals surface area contributed by atoms with Crippen molar-refractivity contribution in [2.75, 3.05) is 6.54 Å². The van der Waals surface area contributed by atoms with E-state index in [-0.39, 0.29) is 18.2 Å². The highest BCUT2D eigenvalue weighted by atomic mass is 16.5. The van der Waals surface area contributed by atoms with Crippen LogP contribution in [0.2, 0.25) is 0 Å². The summed E-state index contributed by atoms with van der Waals surface area (Å²) in [7, 11) is 0. The van der Waals surface area contributed by atoms with Gasteiger partial charge >= 0.3 is 6.03 Å². The van der Waals surface area contributed by atoms with Crippen LogP contribution in [0.15, 0.2) is 24.3 Å². The predicted molar refractivity (Wildman–Crippen MR) is 90.6 cm³/mol. The summed E-state index contributed by atoms with van der Waals surface area (Å²) in [6, 6.07) is 7.34. The van der Waals surface area contributed by atoms with E-state index in [4.69, 9.17) is 4.74 Å². The van der Waals surface area contributed by atoms with Gasteiger partial charge in [-0.2, -0.15) is 0 Å². The number of amides is 2. The minimum absolute atomic E-state index is 0.115. The lowest BCUT2D eigenvalue weighted by Crippen LogP contribution is -2.45. The molecule has 2 amide bonds. The zero-order chi connectivity index (χ0) is 16.9. The largest absolute Gasteiger partial charge is 0.491 e. The van der Waals surface area contributed by atoms with Crippen molar-refractivity contribution in [3.05, 3.63) is 29.8 Å². The van der Waals surface area contributed by atoms with Crippen LogP contribution in [0.3, 0.4) is 0 Å². The number of rotatable bonds is 6. The molecule has 0 saturated heterocycles. The van der Waals surface area contributed by atoms with Gasteiger partial charge in [0.1, 0.15) is 5.75 Å². The number of hydrogen-bond donors (Lipinski definition) is 3. The van der Waals surface area contributed by atoms with Crippen molar-refractivity contribution in [1.82, 2.24) is 10.6 Å². The average molecular weight is 320 g/mol. The molecule has 0 spiro atoms. The molecule has 2 rings (SSSR count). The number of carbonyl (C=O) groups is 1. The smallest absolute Gasteiger partial charge is 0.315 e. The van der Waals surface area contributed by atoms with Gasteiger partial charge in [0, 0.05) is 6.54 Å². The lowest BCUT2D eigenvalue weighted by molar-refractivity contribution is 0.0500. The Morgan fingerprint density at radius 3 is 2.65 bits per heavy atom. The van der Waals surface area contributed by atoms with E-state index in [2.05, 4.69) is 10.6 Å². The highest BCUT2D eigenvalue weighted by Gasteiger charge is 2.31. The van der Waals surface area contributed by atoms with E-state index in [9.17, 15) is 9.90 Å². The first-order valence-electron chi connectivity index (χ1n) is 8.41. The van der Waals surface area contributed by atoms with Gasteiger partial charge in [-0.3, -0.25) is 0 Å². The lowest BCUT2D eigenvalue weighted by atomic mass is 10.0. The van der Waals surface area contributed by atoms with Crippen molar-refractivity contribution in [3.8, 4) is 5.75 Å². The van der Waals surface area contributed by atoms with E-state index in [0.29, 0.717) is 6.54 Å². The molecule has 1 fully saturated rings. The maximum atomic E-state index is 12.0. The summed E-state index contributed by atoms with van der Waals surface area (Å²) < 4.78 is 5.68. The number of ether oxygens (including phenoxy) is 1. The number of hydrogen-bond acceptors (Lipinski definition) is 3. The maximum Gasteiger partial charge on any atom is 0.315 e. The van der Waals surface area contributed by atoms with Gasteiger partial charge in [-0.25, -0.2) is 4.79 Å². The molecule has 0 aliphatic heterocycles. The summed E-state index contributed by atoms with van der Waals surface area (Å²) in [5.74, 6) is 0.798. The Morgan fingerprint density at radius 2 is 2.00 bits per heavy atom. The van der Waals surface area contributed by atoms with Gasteiger partial charge in [-0.05, 0) is 51.3 Å². The molecular weight excluding hydrogens is 292 g/mol. The molecule has 1 unspecified atom stereocenters. The van der Waals surface area contributed by atoms with E-state index in [1.54, 1.807) is 0 Å². The summed E-state index contributed by atoms with van der Waals surface area (Å²) in [6.45, 7) is 6.20. The van der Waals surface area contributed by atoms with E-state index >= 15 is 0 Å². The molecule has 128 valence electrons. The summed E-state index contributed by atoms with van der Waals surface area (Å²) in [5.41, 5.74) is 0.254. The van der Waals surface area contributed by atoms with Crippen LogP contribution >= 0.6 is 0 Å². The first kappa shape index (κ1) is 17.6. The monoisotopic (exact) mass is 320 g/mol. The van der Waals surface area contributed by atoms with E-state index in [0.717, 1.165) is 37.0 Å². The number of nitrogens with one attached hydrogen (secondary N) is 2. The molecule has 1 aromatic rings. The number of aliphatic hydroxyl groups is 1. The van der Waals surface area contributed by atoms with Gasteiger partial charge < -0.3 is 20.5 Å².